The van der Waals surface area contributed by atoms with E-state index in [1.807, 2.05) is 12.1 Å². The first-order valence-corrected chi connectivity index (χ1v) is 9.64. The van der Waals surface area contributed by atoms with Crippen LogP contribution in [0.25, 0.3) is 10.8 Å². The maximum absolute atomic E-state index is 12.4. The van der Waals surface area contributed by atoms with E-state index in [0.29, 0.717) is 22.0 Å². The van der Waals surface area contributed by atoms with Gasteiger partial charge in [-0.1, -0.05) is 65.7 Å². The smallest absolute Gasteiger partial charge is 0.258 e. The summed E-state index contributed by atoms with van der Waals surface area (Å²) in [7, 11) is 0. The van der Waals surface area contributed by atoms with E-state index in [1.165, 1.54) is 17.0 Å². The lowest BCUT2D eigenvalue weighted by Crippen LogP contribution is -2.41. The van der Waals surface area contributed by atoms with E-state index in [2.05, 4.69) is 51.7 Å². The van der Waals surface area contributed by atoms with Gasteiger partial charge in [-0.05, 0) is 41.0 Å². The lowest BCUT2D eigenvalue weighted by Gasteiger charge is -2.10. The largest absolute Gasteiger partial charge is 0.271 e. The average Bonchev–Trinajstić information content (AvgIpc) is 3.20. The fraction of sp³-hybridized carbons (Fsp3) is 0.143. The maximum atomic E-state index is 12.4. The molecule has 0 saturated carbocycles. The van der Waals surface area contributed by atoms with Crippen molar-refractivity contribution in [2.75, 3.05) is 0 Å². The van der Waals surface area contributed by atoms with Crippen molar-refractivity contribution in [1.82, 2.24) is 16.3 Å². The molecular weight excluding hydrogens is 395 g/mol. The van der Waals surface area contributed by atoms with Gasteiger partial charge in [-0.3, -0.25) is 4.79 Å². The van der Waals surface area contributed by atoms with Gasteiger partial charge >= 0.3 is 0 Å². The normalized spacial score (nSPS) is 19.4. The molecule has 0 bridgehead atoms. The Balaban J connectivity index is 1.39. The molecule has 4 rings (SSSR count). The summed E-state index contributed by atoms with van der Waals surface area (Å²) in [6.07, 6.45) is 2.07. The molecule has 142 valence electrons. The number of hydrogen-bond donors (Lipinski definition) is 3. The lowest BCUT2D eigenvalue weighted by molar-refractivity contribution is -0.122. The van der Waals surface area contributed by atoms with E-state index in [4.69, 9.17) is 23.2 Å². The van der Waals surface area contributed by atoms with E-state index in [9.17, 15) is 4.79 Å². The summed E-state index contributed by atoms with van der Waals surface area (Å²) in [6, 6.07) is 19.4. The molecule has 1 aliphatic rings. The molecule has 0 aliphatic carbocycles. The third kappa shape index (κ3) is 4.03. The molecule has 5 nitrogen and oxygen atoms in total. The van der Waals surface area contributed by atoms with Crippen molar-refractivity contribution in [3.05, 3.63) is 81.8 Å². The number of benzene rings is 3. The van der Waals surface area contributed by atoms with Gasteiger partial charge in [0.05, 0.1) is 16.3 Å². The van der Waals surface area contributed by atoms with Gasteiger partial charge < -0.3 is 0 Å². The standard InChI is InChI=1S/C21H18Cl2N4O/c22-17-6-3-7-18(23)16(17)12-24-27-21(28)20-11-19(25-26-20)15-9-8-13-4-1-2-5-14(13)10-15/h1-10,12,19-20,25-26H,11H2,(H,27,28)/b24-12+. The van der Waals surface area contributed by atoms with Crippen LogP contribution in [0, 0.1) is 0 Å². The highest BCUT2D eigenvalue weighted by molar-refractivity contribution is 6.38. The van der Waals surface area contributed by atoms with Crippen LogP contribution >= 0.6 is 23.2 Å². The summed E-state index contributed by atoms with van der Waals surface area (Å²) < 4.78 is 0. The molecule has 1 amide bonds. The summed E-state index contributed by atoms with van der Waals surface area (Å²) in [4.78, 5) is 12.4. The average molecular weight is 413 g/mol. The fourth-order valence-electron chi connectivity index (χ4n) is 3.24. The number of carbonyl (C=O) groups excluding carboxylic acids is 1. The van der Waals surface area contributed by atoms with Gasteiger partial charge in [0.2, 0.25) is 0 Å². The number of halogens is 2. The van der Waals surface area contributed by atoms with Crippen LogP contribution in [0.3, 0.4) is 0 Å². The van der Waals surface area contributed by atoms with Crippen molar-refractivity contribution >= 4 is 46.1 Å². The van der Waals surface area contributed by atoms with Crippen molar-refractivity contribution in [3.63, 3.8) is 0 Å². The molecule has 1 aliphatic heterocycles. The number of hydrogen-bond acceptors (Lipinski definition) is 4. The molecule has 1 heterocycles. The molecule has 3 N–H and O–H groups in total. The van der Waals surface area contributed by atoms with Gasteiger partial charge in [-0.25, -0.2) is 16.3 Å². The van der Waals surface area contributed by atoms with Gasteiger partial charge in [-0.15, -0.1) is 0 Å². The van der Waals surface area contributed by atoms with Crippen LogP contribution in [0.4, 0.5) is 0 Å². The minimum Gasteiger partial charge on any atom is -0.271 e. The molecule has 0 aromatic heterocycles. The highest BCUT2D eigenvalue weighted by Gasteiger charge is 2.30. The molecular formula is C21H18Cl2N4O. The van der Waals surface area contributed by atoms with Crippen LogP contribution in [-0.2, 0) is 4.79 Å². The Morgan fingerprint density at radius 3 is 2.54 bits per heavy atom. The number of hydrazone groups is 1. The number of fused-ring (bicyclic) bond motifs is 1. The topological polar surface area (TPSA) is 65.5 Å². The first-order chi connectivity index (χ1) is 13.6. The van der Waals surface area contributed by atoms with Crippen LogP contribution in [-0.4, -0.2) is 18.2 Å². The zero-order valence-corrected chi connectivity index (χ0v) is 16.3. The van der Waals surface area contributed by atoms with Gasteiger partial charge in [0.15, 0.2) is 0 Å². The van der Waals surface area contributed by atoms with Crippen LogP contribution in [0.15, 0.2) is 65.8 Å². The molecule has 1 saturated heterocycles. The molecule has 28 heavy (non-hydrogen) atoms. The monoisotopic (exact) mass is 412 g/mol. The Labute approximate surface area is 172 Å². The summed E-state index contributed by atoms with van der Waals surface area (Å²) in [5.41, 5.74) is 10.5. The van der Waals surface area contributed by atoms with Gasteiger partial charge in [0.25, 0.3) is 5.91 Å². The van der Waals surface area contributed by atoms with Crippen LogP contribution < -0.4 is 16.3 Å². The van der Waals surface area contributed by atoms with Crippen molar-refractivity contribution < 1.29 is 4.79 Å². The summed E-state index contributed by atoms with van der Waals surface area (Å²) >= 11 is 12.2. The number of nitrogens with one attached hydrogen (secondary N) is 3. The highest BCUT2D eigenvalue weighted by Crippen LogP contribution is 2.26. The third-order valence-corrected chi connectivity index (χ3v) is 5.42. The number of nitrogens with zero attached hydrogens (tertiary/aromatic N) is 1. The van der Waals surface area contributed by atoms with E-state index in [-0.39, 0.29) is 11.9 Å². The molecule has 0 radical (unpaired) electrons. The van der Waals surface area contributed by atoms with Crippen LogP contribution in [0.2, 0.25) is 10.0 Å². The highest BCUT2D eigenvalue weighted by atomic mass is 35.5. The Kier molecular flexibility index (Phi) is 5.59. The second kappa shape index (κ2) is 8.29. The second-order valence-corrected chi connectivity index (χ2v) is 7.42. The zero-order chi connectivity index (χ0) is 19.5. The van der Waals surface area contributed by atoms with E-state index in [1.54, 1.807) is 18.2 Å². The van der Waals surface area contributed by atoms with Crippen LogP contribution in [0.1, 0.15) is 23.6 Å². The molecule has 2 atom stereocenters. The van der Waals surface area contributed by atoms with Crippen molar-refractivity contribution in [2.45, 2.75) is 18.5 Å². The predicted octanol–water partition coefficient (Wildman–Crippen LogP) is 4.20. The summed E-state index contributed by atoms with van der Waals surface area (Å²) in [5, 5.41) is 7.30. The number of hydrazine groups is 1. The molecule has 3 aromatic carbocycles. The van der Waals surface area contributed by atoms with E-state index in [0.717, 1.165) is 5.56 Å². The van der Waals surface area contributed by atoms with E-state index < -0.39 is 6.04 Å². The minimum absolute atomic E-state index is 0.0438. The van der Waals surface area contributed by atoms with Gasteiger partial charge in [0, 0.05) is 11.6 Å². The SMILES string of the molecule is O=C(N/N=C/c1c(Cl)cccc1Cl)C1CC(c2ccc3ccccc3c2)NN1. The summed E-state index contributed by atoms with van der Waals surface area (Å²) in [5.74, 6) is -0.227. The maximum Gasteiger partial charge on any atom is 0.258 e. The Bertz CT molecular complexity index is 1030. The first-order valence-electron chi connectivity index (χ1n) is 8.88. The van der Waals surface area contributed by atoms with Crippen molar-refractivity contribution in [1.29, 1.82) is 0 Å². The number of carbonyl (C=O) groups is 1. The molecule has 3 aromatic rings. The molecule has 2 unspecified atom stereocenters. The lowest BCUT2D eigenvalue weighted by atomic mass is 9.99. The Morgan fingerprint density at radius 2 is 1.75 bits per heavy atom. The number of amides is 1. The summed E-state index contributed by atoms with van der Waals surface area (Å²) in [6.45, 7) is 0. The predicted molar refractivity (Wildman–Crippen MR) is 114 cm³/mol. The first kappa shape index (κ1) is 18.9. The third-order valence-electron chi connectivity index (χ3n) is 4.76. The fourth-order valence-corrected chi connectivity index (χ4v) is 3.74. The Hall–Kier alpha value is -2.44. The Morgan fingerprint density at radius 1 is 1.00 bits per heavy atom. The quantitative estimate of drug-likeness (QED) is 0.444. The van der Waals surface area contributed by atoms with Crippen molar-refractivity contribution in [2.24, 2.45) is 5.10 Å². The van der Waals surface area contributed by atoms with Crippen LogP contribution in [0.5, 0.6) is 0 Å². The minimum atomic E-state index is -0.393. The van der Waals surface area contributed by atoms with Gasteiger partial charge in [-0.2, -0.15) is 5.10 Å². The molecule has 1 fully saturated rings. The molecule has 7 heteroatoms. The number of rotatable bonds is 4. The van der Waals surface area contributed by atoms with Crippen molar-refractivity contribution in [3.8, 4) is 0 Å². The van der Waals surface area contributed by atoms with Gasteiger partial charge in [0.1, 0.15) is 6.04 Å². The molecule has 0 spiro atoms. The second-order valence-electron chi connectivity index (χ2n) is 6.61. The van der Waals surface area contributed by atoms with E-state index >= 15 is 0 Å². The zero-order valence-electron chi connectivity index (χ0n) is 14.8.